The van der Waals surface area contributed by atoms with Crippen LogP contribution in [0.5, 0.6) is 0 Å². The molecule has 2 aliphatic rings. The van der Waals surface area contributed by atoms with Crippen LogP contribution in [-0.2, 0) is 4.79 Å². The van der Waals surface area contributed by atoms with E-state index in [1.54, 1.807) is 0 Å². The van der Waals surface area contributed by atoms with E-state index in [0.717, 1.165) is 11.5 Å². The Labute approximate surface area is 104 Å². The molecule has 1 aliphatic carbocycles. The van der Waals surface area contributed by atoms with Crippen LogP contribution in [0.2, 0.25) is 0 Å². The summed E-state index contributed by atoms with van der Waals surface area (Å²) in [4.78, 5) is 22.2. The lowest BCUT2D eigenvalue weighted by Crippen LogP contribution is -2.30. The Balaban J connectivity index is 1.46. The zero-order valence-electron chi connectivity index (χ0n) is 9.82. The summed E-state index contributed by atoms with van der Waals surface area (Å²) < 4.78 is 0. The Morgan fingerprint density at radius 1 is 1.39 bits per heavy atom. The van der Waals surface area contributed by atoms with Gasteiger partial charge in [0.05, 0.1) is 5.69 Å². The average molecular weight is 249 g/mol. The molecule has 1 saturated heterocycles. The van der Waals surface area contributed by atoms with Gasteiger partial charge in [0, 0.05) is 18.5 Å². The summed E-state index contributed by atoms with van der Waals surface area (Å²) in [5, 5.41) is 15.1. The highest BCUT2D eigenvalue weighted by atomic mass is 16.2. The van der Waals surface area contributed by atoms with Crippen molar-refractivity contribution in [1.29, 1.82) is 0 Å². The van der Waals surface area contributed by atoms with Crippen LogP contribution in [0.3, 0.4) is 0 Å². The highest BCUT2D eigenvalue weighted by Gasteiger charge is 2.29. The highest BCUT2D eigenvalue weighted by molar-refractivity contribution is 6.04. The predicted molar refractivity (Wildman–Crippen MR) is 64.1 cm³/mol. The Hall–Kier alpha value is -2.05. The zero-order valence-corrected chi connectivity index (χ0v) is 9.82. The standard InChI is InChI=1S/C11H15N5O2/c17-10-7(13-11(18)14-10)3-4-12-9-5-8(15-16-9)6-1-2-6/h5-7H,1-4H2,(H2,12,15,16)(H2,13,14,17,18). The normalized spacial score (nSPS) is 22.8. The first kappa shape index (κ1) is 11.1. The van der Waals surface area contributed by atoms with Gasteiger partial charge in [-0.15, -0.1) is 0 Å². The van der Waals surface area contributed by atoms with E-state index in [9.17, 15) is 9.59 Å². The van der Waals surface area contributed by atoms with Gasteiger partial charge in [0.1, 0.15) is 11.9 Å². The second kappa shape index (κ2) is 4.32. The number of rotatable bonds is 5. The molecule has 1 aliphatic heterocycles. The molecule has 18 heavy (non-hydrogen) atoms. The molecule has 4 N–H and O–H groups in total. The molecule has 0 aromatic carbocycles. The van der Waals surface area contributed by atoms with Crippen molar-refractivity contribution in [1.82, 2.24) is 20.8 Å². The molecule has 1 aromatic rings. The Bertz CT molecular complexity index is 480. The first-order valence-corrected chi connectivity index (χ1v) is 6.13. The largest absolute Gasteiger partial charge is 0.370 e. The topological polar surface area (TPSA) is 98.9 Å². The van der Waals surface area contributed by atoms with Crippen LogP contribution in [0.25, 0.3) is 0 Å². The van der Waals surface area contributed by atoms with Gasteiger partial charge in [-0.05, 0) is 19.3 Å². The molecule has 96 valence electrons. The Morgan fingerprint density at radius 2 is 2.22 bits per heavy atom. The summed E-state index contributed by atoms with van der Waals surface area (Å²) in [5.74, 6) is 1.23. The van der Waals surface area contributed by atoms with Gasteiger partial charge < -0.3 is 10.6 Å². The summed E-state index contributed by atoms with van der Waals surface area (Å²) in [5.41, 5.74) is 1.10. The third kappa shape index (κ3) is 2.29. The van der Waals surface area contributed by atoms with Gasteiger partial charge in [0.2, 0.25) is 0 Å². The maximum Gasteiger partial charge on any atom is 0.322 e. The first-order valence-electron chi connectivity index (χ1n) is 6.13. The van der Waals surface area contributed by atoms with Crippen LogP contribution in [0.1, 0.15) is 30.9 Å². The molecule has 1 unspecified atom stereocenters. The smallest absolute Gasteiger partial charge is 0.322 e. The molecule has 1 aromatic heterocycles. The number of aromatic amines is 1. The number of aromatic nitrogens is 2. The minimum atomic E-state index is -0.434. The minimum absolute atomic E-state index is 0.259. The number of carbonyl (C=O) groups excluding carboxylic acids is 2. The van der Waals surface area contributed by atoms with Crippen LogP contribution in [0.4, 0.5) is 10.6 Å². The molecule has 3 rings (SSSR count). The zero-order chi connectivity index (χ0) is 12.5. The molecule has 7 heteroatoms. The Morgan fingerprint density at radius 3 is 2.89 bits per heavy atom. The number of anilines is 1. The first-order chi connectivity index (χ1) is 8.72. The van der Waals surface area contributed by atoms with Crippen LogP contribution >= 0.6 is 0 Å². The molecule has 1 saturated carbocycles. The van der Waals surface area contributed by atoms with Crippen molar-refractivity contribution >= 4 is 17.8 Å². The second-order valence-electron chi connectivity index (χ2n) is 4.71. The SMILES string of the molecule is O=C1NC(=O)C(CCNc2cc(C3CC3)n[nH]2)N1. The predicted octanol–water partition coefficient (Wildman–Crippen LogP) is 0.297. The number of nitrogens with zero attached hydrogens (tertiary/aromatic N) is 1. The van der Waals surface area contributed by atoms with E-state index in [0.29, 0.717) is 18.9 Å². The lowest BCUT2D eigenvalue weighted by atomic mass is 10.2. The maximum atomic E-state index is 11.3. The second-order valence-corrected chi connectivity index (χ2v) is 4.71. The van der Waals surface area contributed by atoms with E-state index in [-0.39, 0.29) is 5.91 Å². The fourth-order valence-electron chi connectivity index (χ4n) is 2.03. The van der Waals surface area contributed by atoms with Gasteiger partial charge in [-0.3, -0.25) is 15.2 Å². The fourth-order valence-corrected chi connectivity index (χ4v) is 2.03. The van der Waals surface area contributed by atoms with Crippen molar-refractivity contribution in [2.45, 2.75) is 31.2 Å². The van der Waals surface area contributed by atoms with Gasteiger partial charge in [0.25, 0.3) is 5.91 Å². The monoisotopic (exact) mass is 249 g/mol. The molecule has 1 atom stereocenters. The van der Waals surface area contributed by atoms with Gasteiger partial charge in [-0.25, -0.2) is 4.79 Å². The molecule has 0 spiro atoms. The van der Waals surface area contributed by atoms with Crippen molar-refractivity contribution in [3.05, 3.63) is 11.8 Å². The number of imide groups is 1. The van der Waals surface area contributed by atoms with Gasteiger partial charge in [0.15, 0.2) is 0 Å². The van der Waals surface area contributed by atoms with Crippen molar-refractivity contribution < 1.29 is 9.59 Å². The molecule has 2 fully saturated rings. The molecule has 2 heterocycles. The quantitative estimate of drug-likeness (QED) is 0.564. The maximum absolute atomic E-state index is 11.3. The third-order valence-electron chi connectivity index (χ3n) is 3.20. The van der Waals surface area contributed by atoms with E-state index in [1.165, 1.54) is 12.8 Å². The van der Waals surface area contributed by atoms with E-state index in [1.807, 2.05) is 6.07 Å². The van der Waals surface area contributed by atoms with Crippen molar-refractivity contribution in [3.8, 4) is 0 Å². The molecular formula is C11H15N5O2. The highest BCUT2D eigenvalue weighted by Crippen LogP contribution is 2.39. The number of urea groups is 1. The Kier molecular flexibility index (Phi) is 2.66. The summed E-state index contributed by atoms with van der Waals surface area (Å²) in [6.07, 6.45) is 2.99. The summed E-state index contributed by atoms with van der Waals surface area (Å²) in [6.45, 7) is 0.602. The van der Waals surface area contributed by atoms with Crippen molar-refractivity contribution in [2.24, 2.45) is 0 Å². The van der Waals surface area contributed by atoms with Crippen LogP contribution in [-0.4, -0.2) is 34.7 Å². The average Bonchev–Trinajstić information content (AvgIpc) is 2.99. The van der Waals surface area contributed by atoms with Crippen LogP contribution < -0.4 is 16.0 Å². The number of hydrogen-bond donors (Lipinski definition) is 4. The molecule has 0 radical (unpaired) electrons. The number of H-pyrrole nitrogens is 1. The molecular weight excluding hydrogens is 234 g/mol. The van der Waals surface area contributed by atoms with Crippen molar-refractivity contribution in [2.75, 3.05) is 11.9 Å². The van der Waals surface area contributed by atoms with Crippen molar-refractivity contribution in [3.63, 3.8) is 0 Å². The van der Waals surface area contributed by atoms with E-state index in [2.05, 4.69) is 26.1 Å². The minimum Gasteiger partial charge on any atom is -0.370 e. The number of carbonyl (C=O) groups is 2. The number of nitrogens with one attached hydrogen (secondary N) is 4. The molecule has 7 nitrogen and oxygen atoms in total. The van der Waals surface area contributed by atoms with Gasteiger partial charge in [-0.1, -0.05) is 0 Å². The summed E-state index contributed by atoms with van der Waals surface area (Å²) >= 11 is 0. The third-order valence-corrected chi connectivity index (χ3v) is 3.20. The van der Waals surface area contributed by atoms with Gasteiger partial charge >= 0.3 is 6.03 Å². The molecule has 3 amide bonds. The number of hydrogen-bond acceptors (Lipinski definition) is 4. The summed E-state index contributed by atoms with van der Waals surface area (Å²) in [6, 6.07) is 1.16. The van der Waals surface area contributed by atoms with E-state index in [4.69, 9.17) is 0 Å². The lowest BCUT2D eigenvalue weighted by molar-refractivity contribution is -0.120. The number of amides is 3. The van der Waals surface area contributed by atoms with Gasteiger partial charge in [-0.2, -0.15) is 5.10 Å². The van der Waals surface area contributed by atoms with E-state index >= 15 is 0 Å². The fraction of sp³-hybridized carbons (Fsp3) is 0.545. The van der Waals surface area contributed by atoms with E-state index < -0.39 is 12.1 Å². The summed E-state index contributed by atoms with van der Waals surface area (Å²) in [7, 11) is 0. The lowest BCUT2D eigenvalue weighted by Gasteiger charge is -2.07. The van der Waals surface area contributed by atoms with Crippen LogP contribution in [0.15, 0.2) is 6.07 Å². The molecule has 0 bridgehead atoms. The van der Waals surface area contributed by atoms with Crippen LogP contribution in [0, 0.1) is 0 Å².